The summed E-state index contributed by atoms with van der Waals surface area (Å²) in [4.78, 5) is 21.9. The van der Waals surface area contributed by atoms with E-state index >= 15 is 0 Å². The molecule has 5 heteroatoms. The lowest BCUT2D eigenvalue weighted by Gasteiger charge is -2.21. The summed E-state index contributed by atoms with van der Waals surface area (Å²) in [5.74, 6) is -0.450. The van der Waals surface area contributed by atoms with Gasteiger partial charge in [0.05, 0.1) is 5.54 Å². The minimum absolute atomic E-state index is 0.0275. The zero-order valence-corrected chi connectivity index (χ0v) is 9.02. The van der Waals surface area contributed by atoms with E-state index in [2.05, 4.69) is 10.6 Å². The number of carbonyl (C=O) groups is 2. The van der Waals surface area contributed by atoms with E-state index in [1.165, 1.54) is 0 Å². The molecule has 0 fully saturated rings. The van der Waals surface area contributed by atoms with Crippen molar-refractivity contribution in [1.29, 1.82) is 0 Å². The molecule has 0 aliphatic carbocycles. The predicted octanol–water partition coefficient (Wildman–Crippen LogP) is -0.634. The molecule has 0 rings (SSSR count). The fourth-order valence-electron chi connectivity index (χ4n) is 0.861. The summed E-state index contributed by atoms with van der Waals surface area (Å²) >= 11 is 0. The summed E-state index contributed by atoms with van der Waals surface area (Å²) in [6.45, 7) is 6.30. The number of carbonyl (C=O) groups excluding carboxylic acids is 2. The number of primary amides is 1. The largest absolute Gasteiger partial charge is 0.368 e. The summed E-state index contributed by atoms with van der Waals surface area (Å²) in [5, 5.41) is 5.58. The van der Waals surface area contributed by atoms with Crippen LogP contribution in [0.15, 0.2) is 0 Å². The third-order valence-electron chi connectivity index (χ3n) is 1.91. The number of amides is 2. The molecule has 0 aromatic rings. The van der Waals surface area contributed by atoms with Crippen molar-refractivity contribution in [2.75, 3.05) is 13.1 Å². The van der Waals surface area contributed by atoms with Crippen LogP contribution in [-0.2, 0) is 9.59 Å². The maximum absolute atomic E-state index is 11.0. The molecule has 0 aromatic heterocycles. The molecule has 4 N–H and O–H groups in total. The second-order valence-electron chi connectivity index (χ2n) is 3.62. The highest BCUT2D eigenvalue weighted by atomic mass is 16.2. The fraction of sp³-hybridized carbons (Fsp3) is 0.778. The topological polar surface area (TPSA) is 84.2 Å². The van der Waals surface area contributed by atoms with Gasteiger partial charge in [-0.05, 0) is 20.8 Å². The van der Waals surface area contributed by atoms with Crippen LogP contribution in [0.1, 0.15) is 27.2 Å². The average Bonchev–Trinajstić information content (AvgIpc) is 2.04. The summed E-state index contributed by atoms with van der Waals surface area (Å²) in [7, 11) is 0. The van der Waals surface area contributed by atoms with Gasteiger partial charge in [0.25, 0.3) is 0 Å². The van der Waals surface area contributed by atoms with E-state index in [9.17, 15) is 9.59 Å². The number of hydrogen-bond donors (Lipinski definition) is 3. The minimum atomic E-state index is -0.757. The van der Waals surface area contributed by atoms with Gasteiger partial charge in [-0.1, -0.05) is 0 Å². The van der Waals surface area contributed by atoms with E-state index in [4.69, 9.17) is 5.73 Å². The maximum Gasteiger partial charge on any atom is 0.237 e. The molecule has 0 atom stereocenters. The van der Waals surface area contributed by atoms with Crippen LogP contribution >= 0.6 is 0 Å². The molecule has 0 saturated carbocycles. The van der Waals surface area contributed by atoms with Gasteiger partial charge < -0.3 is 16.4 Å². The molecule has 0 spiro atoms. The minimum Gasteiger partial charge on any atom is -0.368 e. The van der Waals surface area contributed by atoms with Crippen LogP contribution in [0.2, 0.25) is 0 Å². The Hall–Kier alpha value is -1.10. The zero-order valence-electron chi connectivity index (χ0n) is 9.02. The number of nitrogens with one attached hydrogen (secondary N) is 2. The highest BCUT2D eigenvalue weighted by Crippen LogP contribution is 1.99. The summed E-state index contributed by atoms with van der Waals surface area (Å²) < 4.78 is 0. The first-order valence-corrected chi connectivity index (χ1v) is 4.71. The molecule has 0 aliphatic rings. The van der Waals surface area contributed by atoms with Crippen LogP contribution < -0.4 is 16.4 Å². The van der Waals surface area contributed by atoms with Gasteiger partial charge in [-0.3, -0.25) is 9.59 Å². The third kappa shape index (κ3) is 4.81. The molecule has 0 unspecified atom stereocenters. The van der Waals surface area contributed by atoms with Crippen LogP contribution in [0.4, 0.5) is 0 Å². The summed E-state index contributed by atoms with van der Waals surface area (Å²) in [6.07, 6.45) is 0.352. The molecule has 14 heavy (non-hydrogen) atoms. The molecule has 0 heterocycles. The van der Waals surface area contributed by atoms with E-state index < -0.39 is 11.4 Å². The van der Waals surface area contributed by atoms with E-state index in [0.29, 0.717) is 19.5 Å². The van der Waals surface area contributed by atoms with Crippen molar-refractivity contribution in [2.45, 2.75) is 32.7 Å². The van der Waals surface area contributed by atoms with Crippen molar-refractivity contribution in [3.05, 3.63) is 0 Å². The molecule has 2 amide bonds. The Morgan fingerprint density at radius 1 is 1.36 bits per heavy atom. The molecule has 0 aliphatic heterocycles. The highest BCUT2D eigenvalue weighted by Gasteiger charge is 2.23. The van der Waals surface area contributed by atoms with E-state index in [1.807, 2.05) is 6.92 Å². The highest BCUT2D eigenvalue weighted by molar-refractivity contribution is 5.83. The van der Waals surface area contributed by atoms with E-state index in [-0.39, 0.29) is 5.91 Å². The van der Waals surface area contributed by atoms with Crippen LogP contribution in [0.25, 0.3) is 0 Å². The standard InChI is InChI=1S/C9H19N3O2/c1-4-11-7(13)5-6-12-9(2,3)8(10)14/h12H,4-6H2,1-3H3,(H2,10,14)(H,11,13). The molecular formula is C9H19N3O2. The third-order valence-corrected chi connectivity index (χ3v) is 1.91. The Balaban J connectivity index is 3.74. The SMILES string of the molecule is CCNC(=O)CCNC(C)(C)C(N)=O. The lowest BCUT2D eigenvalue weighted by molar-refractivity contribution is -0.124. The molecule has 0 bridgehead atoms. The second-order valence-corrected chi connectivity index (χ2v) is 3.62. The Labute approximate surface area is 84.4 Å². The van der Waals surface area contributed by atoms with Crippen molar-refractivity contribution in [3.63, 3.8) is 0 Å². The van der Waals surface area contributed by atoms with Crippen molar-refractivity contribution in [3.8, 4) is 0 Å². The predicted molar refractivity (Wildman–Crippen MR) is 54.6 cm³/mol. The van der Waals surface area contributed by atoms with Crippen molar-refractivity contribution in [1.82, 2.24) is 10.6 Å². The number of rotatable bonds is 6. The van der Waals surface area contributed by atoms with Gasteiger partial charge in [0.15, 0.2) is 0 Å². The van der Waals surface area contributed by atoms with Gasteiger partial charge in [0.2, 0.25) is 11.8 Å². The molecule has 82 valence electrons. The summed E-state index contributed by atoms with van der Waals surface area (Å²) in [6, 6.07) is 0. The van der Waals surface area contributed by atoms with Gasteiger partial charge in [-0.15, -0.1) is 0 Å². The number of hydrogen-bond acceptors (Lipinski definition) is 3. The lowest BCUT2D eigenvalue weighted by atomic mass is 10.1. The van der Waals surface area contributed by atoms with Crippen molar-refractivity contribution < 1.29 is 9.59 Å². The Bertz CT molecular complexity index is 214. The van der Waals surface area contributed by atoms with Crippen molar-refractivity contribution in [2.24, 2.45) is 5.73 Å². The van der Waals surface area contributed by atoms with Gasteiger partial charge in [-0.25, -0.2) is 0 Å². The van der Waals surface area contributed by atoms with Gasteiger partial charge in [0, 0.05) is 19.5 Å². The Kier molecular flexibility index (Phi) is 5.15. The van der Waals surface area contributed by atoms with Crippen LogP contribution in [-0.4, -0.2) is 30.4 Å². The molecule has 0 saturated heterocycles. The first-order valence-electron chi connectivity index (χ1n) is 4.71. The van der Waals surface area contributed by atoms with Crippen LogP contribution in [0.3, 0.4) is 0 Å². The lowest BCUT2D eigenvalue weighted by Crippen LogP contribution is -2.51. The van der Waals surface area contributed by atoms with Gasteiger partial charge in [-0.2, -0.15) is 0 Å². The van der Waals surface area contributed by atoms with Crippen LogP contribution in [0, 0.1) is 0 Å². The normalized spacial score (nSPS) is 11.1. The van der Waals surface area contributed by atoms with Crippen molar-refractivity contribution >= 4 is 11.8 Å². The first-order chi connectivity index (χ1) is 6.40. The molecular weight excluding hydrogens is 182 g/mol. The molecule has 0 aromatic carbocycles. The fourth-order valence-corrected chi connectivity index (χ4v) is 0.861. The smallest absolute Gasteiger partial charge is 0.237 e. The molecule has 5 nitrogen and oxygen atoms in total. The molecule has 0 radical (unpaired) electrons. The maximum atomic E-state index is 11.0. The quantitative estimate of drug-likeness (QED) is 0.535. The Morgan fingerprint density at radius 2 is 1.93 bits per heavy atom. The Morgan fingerprint density at radius 3 is 2.36 bits per heavy atom. The monoisotopic (exact) mass is 201 g/mol. The van der Waals surface area contributed by atoms with Gasteiger partial charge >= 0.3 is 0 Å². The summed E-state index contributed by atoms with van der Waals surface area (Å²) in [5.41, 5.74) is 4.39. The first kappa shape index (κ1) is 12.9. The number of nitrogens with two attached hydrogens (primary N) is 1. The van der Waals surface area contributed by atoms with Gasteiger partial charge in [0.1, 0.15) is 0 Å². The van der Waals surface area contributed by atoms with Crippen LogP contribution in [0.5, 0.6) is 0 Å². The average molecular weight is 201 g/mol. The zero-order chi connectivity index (χ0) is 11.2. The second kappa shape index (κ2) is 5.59. The van der Waals surface area contributed by atoms with E-state index in [1.54, 1.807) is 13.8 Å². The van der Waals surface area contributed by atoms with E-state index in [0.717, 1.165) is 0 Å².